The lowest BCUT2D eigenvalue weighted by atomic mass is 10.2. The Bertz CT molecular complexity index is 512. The second-order valence-corrected chi connectivity index (χ2v) is 4.91. The van der Waals surface area contributed by atoms with Crippen LogP contribution in [-0.4, -0.2) is 5.11 Å². The van der Waals surface area contributed by atoms with E-state index in [1.54, 1.807) is 18.2 Å². The van der Waals surface area contributed by atoms with E-state index in [2.05, 4.69) is 22.0 Å². The number of benzene rings is 1. The molecule has 0 unspecified atom stereocenters. The van der Waals surface area contributed by atoms with Crippen molar-refractivity contribution in [2.24, 2.45) is 0 Å². The summed E-state index contributed by atoms with van der Waals surface area (Å²) in [6, 6.07) is 7.13. The van der Waals surface area contributed by atoms with Crippen molar-refractivity contribution in [3.63, 3.8) is 0 Å². The Morgan fingerprint density at radius 2 is 2.23 bits per heavy atom. The molecule has 0 radical (unpaired) electrons. The van der Waals surface area contributed by atoms with E-state index in [1.165, 1.54) is 11.3 Å². The molecule has 0 saturated heterocycles. The molecule has 0 aliphatic carbocycles. The summed E-state index contributed by atoms with van der Waals surface area (Å²) in [6.07, 6.45) is 0. The molecule has 0 amide bonds. The topological polar surface area (TPSA) is 44.0 Å². The number of aromatic hydroxyl groups is 1. The van der Waals surface area contributed by atoms with Gasteiger partial charge in [0.1, 0.15) is 11.8 Å². The van der Waals surface area contributed by atoms with Crippen LogP contribution in [0.5, 0.6) is 5.75 Å². The zero-order chi connectivity index (χ0) is 9.42. The third kappa shape index (κ3) is 1.30. The highest BCUT2D eigenvalue weighted by Crippen LogP contribution is 2.36. The van der Waals surface area contributed by atoms with Crippen molar-refractivity contribution in [3.8, 4) is 11.8 Å². The van der Waals surface area contributed by atoms with Gasteiger partial charge in [-0.05, 0) is 34.1 Å². The Balaban J connectivity index is 2.91. The maximum absolute atomic E-state index is 9.24. The zero-order valence-corrected chi connectivity index (χ0v) is 8.82. The van der Waals surface area contributed by atoms with Crippen LogP contribution >= 0.6 is 27.3 Å². The molecule has 64 valence electrons. The van der Waals surface area contributed by atoms with Crippen LogP contribution in [0, 0.1) is 11.3 Å². The third-order valence-electron chi connectivity index (χ3n) is 1.74. The van der Waals surface area contributed by atoms with Gasteiger partial charge < -0.3 is 5.11 Å². The number of phenols is 1. The van der Waals surface area contributed by atoms with Gasteiger partial charge in [0.15, 0.2) is 0 Å². The van der Waals surface area contributed by atoms with Crippen molar-refractivity contribution in [3.05, 3.63) is 27.5 Å². The fourth-order valence-electron chi connectivity index (χ4n) is 1.16. The lowest BCUT2D eigenvalue weighted by molar-refractivity contribution is 0.476. The van der Waals surface area contributed by atoms with Crippen LogP contribution in [-0.2, 0) is 0 Å². The molecule has 0 atom stereocenters. The van der Waals surface area contributed by atoms with Gasteiger partial charge in [-0.1, -0.05) is 0 Å². The normalized spacial score (nSPS) is 10.2. The average molecular weight is 254 g/mol. The molecule has 2 nitrogen and oxygen atoms in total. The molecular weight excluding hydrogens is 250 g/mol. The third-order valence-corrected chi connectivity index (χ3v) is 3.58. The Hall–Kier alpha value is -1.05. The highest BCUT2D eigenvalue weighted by molar-refractivity contribution is 9.11. The number of phenolic OH excluding ortho intramolecular Hbond substituents is 1. The predicted molar refractivity (Wildman–Crippen MR) is 55.9 cm³/mol. The first-order valence-electron chi connectivity index (χ1n) is 3.53. The molecule has 0 fully saturated rings. The summed E-state index contributed by atoms with van der Waals surface area (Å²) < 4.78 is 1.82. The summed E-state index contributed by atoms with van der Waals surface area (Å²) in [5.74, 6) is 0.189. The first kappa shape index (κ1) is 8.54. The van der Waals surface area contributed by atoms with Crippen LogP contribution < -0.4 is 0 Å². The summed E-state index contributed by atoms with van der Waals surface area (Å²) in [7, 11) is 0. The van der Waals surface area contributed by atoms with Crippen LogP contribution in [0.15, 0.2) is 22.0 Å². The second-order valence-electron chi connectivity index (χ2n) is 2.54. The highest BCUT2D eigenvalue weighted by atomic mass is 79.9. The molecule has 1 N–H and O–H groups in total. The molecule has 2 aromatic rings. The van der Waals surface area contributed by atoms with Gasteiger partial charge in [0.05, 0.1) is 9.35 Å². The zero-order valence-electron chi connectivity index (χ0n) is 6.41. The quantitative estimate of drug-likeness (QED) is 0.784. The van der Waals surface area contributed by atoms with E-state index in [0.29, 0.717) is 5.56 Å². The molecular formula is C9H4BrNOS. The van der Waals surface area contributed by atoms with Crippen LogP contribution in [0.1, 0.15) is 5.56 Å². The van der Waals surface area contributed by atoms with Crippen LogP contribution in [0.4, 0.5) is 0 Å². The van der Waals surface area contributed by atoms with Gasteiger partial charge in [-0.2, -0.15) is 5.26 Å². The number of fused-ring (bicyclic) bond motifs is 1. The second kappa shape index (κ2) is 3.02. The maximum Gasteiger partial charge on any atom is 0.116 e. The predicted octanol–water partition coefficient (Wildman–Crippen LogP) is 3.24. The van der Waals surface area contributed by atoms with Gasteiger partial charge in [0.2, 0.25) is 0 Å². The number of rotatable bonds is 0. The van der Waals surface area contributed by atoms with E-state index in [0.717, 1.165) is 13.9 Å². The molecule has 0 spiro atoms. The van der Waals surface area contributed by atoms with Crippen molar-refractivity contribution >= 4 is 37.4 Å². The van der Waals surface area contributed by atoms with Gasteiger partial charge in [0, 0.05) is 10.1 Å². The van der Waals surface area contributed by atoms with E-state index in [-0.39, 0.29) is 5.75 Å². The van der Waals surface area contributed by atoms with Gasteiger partial charge in [-0.25, -0.2) is 0 Å². The van der Waals surface area contributed by atoms with E-state index in [9.17, 15) is 5.11 Å². The van der Waals surface area contributed by atoms with E-state index in [4.69, 9.17) is 5.26 Å². The fourth-order valence-corrected chi connectivity index (χ4v) is 2.84. The number of nitrogens with zero attached hydrogens (tertiary/aromatic N) is 1. The van der Waals surface area contributed by atoms with Crippen LogP contribution in [0.3, 0.4) is 0 Å². The molecule has 1 aromatic heterocycles. The average Bonchev–Trinajstić information content (AvgIpc) is 2.40. The lowest BCUT2D eigenvalue weighted by Crippen LogP contribution is -1.70. The fraction of sp³-hybridized carbons (Fsp3) is 0. The van der Waals surface area contributed by atoms with Crippen LogP contribution in [0.25, 0.3) is 10.1 Å². The van der Waals surface area contributed by atoms with E-state index in [1.807, 2.05) is 0 Å². The summed E-state index contributed by atoms with van der Waals surface area (Å²) in [5, 5.41) is 18.9. The lowest BCUT2D eigenvalue weighted by Gasteiger charge is -1.91. The number of nitriles is 1. The van der Waals surface area contributed by atoms with Gasteiger partial charge in [-0.3, -0.25) is 0 Å². The minimum absolute atomic E-state index is 0.189. The summed E-state index contributed by atoms with van der Waals surface area (Å²) in [4.78, 5) is 0. The molecule has 13 heavy (non-hydrogen) atoms. The Morgan fingerprint density at radius 3 is 2.92 bits per heavy atom. The molecule has 0 aliphatic rings. The highest BCUT2D eigenvalue weighted by Gasteiger charge is 2.09. The van der Waals surface area contributed by atoms with Crippen molar-refractivity contribution < 1.29 is 5.11 Å². The van der Waals surface area contributed by atoms with Gasteiger partial charge >= 0.3 is 0 Å². The molecule has 0 saturated carbocycles. The van der Waals surface area contributed by atoms with Gasteiger partial charge in [0.25, 0.3) is 0 Å². The number of hydrogen-bond acceptors (Lipinski definition) is 3. The number of thiophene rings is 1. The standard InChI is InChI=1S/C9H4BrNOS/c10-9-7(4-11)6-3-5(12)1-2-8(6)13-9/h1-3,12H. The van der Waals surface area contributed by atoms with Crippen molar-refractivity contribution in [2.45, 2.75) is 0 Å². The largest absolute Gasteiger partial charge is 0.508 e. The minimum Gasteiger partial charge on any atom is -0.508 e. The summed E-state index contributed by atoms with van der Waals surface area (Å²) >= 11 is 4.80. The first-order chi connectivity index (χ1) is 6.22. The van der Waals surface area contributed by atoms with Crippen molar-refractivity contribution in [2.75, 3.05) is 0 Å². The summed E-state index contributed by atoms with van der Waals surface area (Å²) in [6.45, 7) is 0. The monoisotopic (exact) mass is 253 g/mol. The number of hydrogen-bond donors (Lipinski definition) is 1. The molecule has 4 heteroatoms. The molecule has 1 heterocycles. The molecule has 1 aromatic carbocycles. The van der Waals surface area contributed by atoms with Crippen LogP contribution in [0.2, 0.25) is 0 Å². The molecule has 2 rings (SSSR count). The van der Waals surface area contributed by atoms with Gasteiger partial charge in [-0.15, -0.1) is 11.3 Å². The minimum atomic E-state index is 0.189. The Kier molecular flexibility index (Phi) is 1.98. The first-order valence-corrected chi connectivity index (χ1v) is 5.14. The Labute approximate surface area is 87.2 Å². The van der Waals surface area contributed by atoms with E-state index < -0.39 is 0 Å². The smallest absolute Gasteiger partial charge is 0.116 e. The summed E-state index contributed by atoms with van der Waals surface area (Å²) in [5.41, 5.74) is 0.593. The molecule has 0 bridgehead atoms. The maximum atomic E-state index is 9.24. The van der Waals surface area contributed by atoms with Crippen molar-refractivity contribution in [1.29, 1.82) is 5.26 Å². The number of halogens is 1. The van der Waals surface area contributed by atoms with E-state index >= 15 is 0 Å². The Morgan fingerprint density at radius 1 is 1.46 bits per heavy atom. The SMILES string of the molecule is N#Cc1c(Br)sc2ccc(O)cc12. The van der Waals surface area contributed by atoms with Crippen molar-refractivity contribution in [1.82, 2.24) is 0 Å². The molecule has 0 aliphatic heterocycles.